The Morgan fingerprint density at radius 2 is 1.37 bits per heavy atom. The number of methoxy groups -OCH3 is 2. The Balaban J connectivity index is 1.57. The van der Waals surface area contributed by atoms with Gasteiger partial charge < -0.3 is 14.0 Å². The topological polar surface area (TPSA) is 69.5 Å². The number of fused-ring (bicyclic) bond motifs is 10. The van der Waals surface area contributed by atoms with Crippen molar-refractivity contribution in [1.82, 2.24) is 9.14 Å². The number of aryl methyl sites for hydroxylation is 3. The van der Waals surface area contributed by atoms with Crippen molar-refractivity contribution in [1.29, 1.82) is 0 Å². The summed E-state index contributed by atoms with van der Waals surface area (Å²) in [5.74, 6) is 1.51. The van der Waals surface area contributed by atoms with Crippen LogP contribution in [0.1, 0.15) is 36.1 Å². The monoisotopic (exact) mass is 710 g/mol. The summed E-state index contributed by atoms with van der Waals surface area (Å²) in [4.78, 5) is 11.6. The normalized spacial score (nSPS) is 12.8. The molecule has 9 rings (SSSR count). The van der Waals surface area contributed by atoms with Gasteiger partial charge in [-0.25, -0.2) is 0 Å². The maximum Gasteiger partial charge on any atom is 0.269 e. The van der Waals surface area contributed by atoms with E-state index in [1.165, 1.54) is 44.2 Å². The zero-order valence-electron chi connectivity index (χ0n) is 31.3. The fraction of sp³-hybridized carbons (Fsp3) is 0.170. The molecule has 0 fully saturated rings. The quantitative estimate of drug-likeness (QED) is 0.0939. The number of hydrogen-bond donors (Lipinski definition) is 0. The van der Waals surface area contributed by atoms with Crippen molar-refractivity contribution in [2.24, 2.45) is 0 Å². The van der Waals surface area contributed by atoms with Crippen LogP contribution in [0.25, 0.3) is 60.1 Å². The van der Waals surface area contributed by atoms with E-state index in [2.05, 4.69) is 110 Å². The van der Waals surface area contributed by atoms with Crippen molar-refractivity contribution in [2.75, 3.05) is 20.8 Å². The SMILES string of the molecule is CCn1c2ccc(C)cc2c2cc(C(c3ccc([N+](=O)[O-])cc3)=c3cc4c(c5ccc(OC)cc35)=[N+](CC)c3ccc(C)cc3-4)c3cc(OC)ccc3c21. The van der Waals surface area contributed by atoms with Crippen molar-refractivity contribution in [2.45, 2.75) is 34.2 Å². The number of rotatable bonds is 7. The summed E-state index contributed by atoms with van der Waals surface area (Å²) in [6.45, 7) is 10.3. The van der Waals surface area contributed by atoms with E-state index in [-0.39, 0.29) is 10.6 Å². The van der Waals surface area contributed by atoms with E-state index in [1.54, 1.807) is 26.4 Å². The summed E-state index contributed by atoms with van der Waals surface area (Å²) < 4.78 is 16.6. The Morgan fingerprint density at radius 3 is 2.06 bits per heavy atom. The smallest absolute Gasteiger partial charge is 0.269 e. The number of benzene rings is 7. The third kappa shape index (κ3) is 4.92. The van der Waals surface area contributed by atoms with E-state index in [1.807, 2.05) is 24.3 Å². The molecule has 0 amide bonds. The van der Waals surface area contributed by atoms with Crippen LogP contribution >= 0.6 is 0 Å². The molecule has 0 bridgehead atoms. The van der Waals surface area contributed by atoms with Crippen molar-refractivity contribution < 1.29 is 14.4 Å². The first-order valence-electron chi connectivity index (χ1n) is 18.4. The molecule has 1 aliphatic heterocycles. The molecule has 0 unspecified atom stereocenters. The molecule has 7 heteroatoms. The van der Waals surface area contributed by atoms with Gasteiger partial charge in [0.25, 0.3) is 5.69 Å². The lowest BCUT2D eigenvalue weighted by atomic mass is 9.87. The summed E-state index contributed by atoms with van der Waals surface area (Å²) in [7, 11) is 3.40. The van der Waals surface area contributed by atoms with Gasteiger partial charge in [-0.1, -0.05) is 23.3 Å². The zero-order valence-corrected chi connectivity index (χ0v) is 31.3. The summed E-state index contributed by atoms with van der Waals surface area (Å²) >= 11 is 0. The minimum Gasteiger partial charge on any atom is -0.497 e. The Morgan fingerprint density at radius 1 is 0.685 bits per heavy atom. The third-order valence-electron chi connectivity index (χ3n) is 11.2. The maximum absolute atomic E-state index is 11.9. The van der Waals surface area contributed by atoms with Crippen LogP contribution < -0.4 is 24.6 Å². The van der Waals surface area contributed by atoms with Crippen molar-refractivity contribution in [3.05, 3.63) is 152 Å². The first-order valence-corrected chi connectivity index (χ1v) is 18.4. The molecule has 8 aromatic rings. The molecular weight excluding hydrogens is 671 g/mol. The molecule has 0 aliphatic carbocycles. The van der Waals surface area contributed by atoms with E-state index < -0.39 is 0 Å². The van der Waals surface area contributed by atoms with E-state index in [4.69, 9.17) is 9.47 Å². The van der Waals surface area contributed by atoms with Crippen LogP contribution in [0.4, 0.5) is 11.4 Å². The molecule has 0 N–H and O–H groups in total. The molecule has 0 atom stereocenters. The van der Waals surface area contributed by atoms with Gasteiger partial charge in [-0.3, -0.25) is 10.1 Å². The Labute approximate surface area is 312 Å². The van der Waals surface area contributed by atoms with Gasteiger partial charge in [0.05, 0.1) is 41.2 Å². The van der Waals surface area contributed by atoms with Gasteiger partial charge >= 0.3 is 0 Å². The van der Waals surface area contributed by atoms with Gasteiger partial charge in [0.15, 0.2) is 0 Å². The molecule has 7 nitrogen and oxygen atoms in total. The van der Waals surface area contributed by atoms with Crippen LogP contribution in [0.5, 0.6) is 11.5 Å². The van der Waals surface area contributed by atoms with Gasteiger partial charge in [0.1, 0.15) is 18.0 Å². The first-order chi connectivity index (χ1) is 26.2. The molecule has 0 saturated carbocycles. The molecule has 0 spiro atoms. The minimum absolute atomic E-state index is 0.0463. The number of ether oxygens (including phenoxy) is 2. The number of nitro groups is 1. The fourth-order valence-electron chi connectivity index (χ4n) is 8.74. The summed E-state index contributed by atoms with van der Waals surface area (Å²) in [5, 5.41) is 20.8. The highest BCUT2D eigenvalue weighted by Gasteiger charge is 2.30. The predicted octanol–water partition coefficient (Wildman–Crippen LogP) is 9.73. The molecule has 1 aliphatic rings. The third-order valence-corrected chi connectivity index (χ3v) is 11.2. The summed E-state index contributed by atoms with van der Waals surface area (Å²) in [6.07, 6.45) is 0. The lowest BCUT2D eigenvalue weighted by molar-refractivity contribution is -0.384. The highest BCUT2D eigenvalue weighted by Crippen LogP contribution is 2.42. The minimum atomic E-state index is -0.341. The number of non-ortho nitro benzene ring substituents is 1. The molecule has 7 aromatic carbocycles. The second kappa shape index (κ2) is 12.6. The molecule has 0 radical (unpaired) electrons. The van der Waals surface area contributed by atoms with E-state index >= 15 is 0 Å². The number of aromatic nitrogens is 1. The van der Waals surface area contributed by atoms with E-state index in [0.717, 1.165) is 79.0 Å². The van der Waals surface area contributed by atoms with Crippen LogP contribution in [-0.2, 0) is 6.54 Å². The highest BCUT2D eigenvalue weighted by molar-refractivity contribution is 6.21. The lowest BCUT2D eigenvalue weighted by Gasteiger charge is -2.17. The van der Waals surface area contributed by atoms with Crippen LogP contribution in [0, 0.1) is 24.0 Å². The summed E-state index contributed by atoms with van der Waals surface area (Å²) in [5.41, 5.74) is 11.2. The zero-order chi connectivity index (χ0) is 37.4. The molecule has 2 heterocycles. The Kier molecular flexibility index (Phi) is 7.78. The van der Waals surface area contributed by atoms with Crippen molar-refractivity contribution in [3.63, 3.8) is 0 Å². The van der Waals surface area contributed by atoms with Crippen LogP contribution in [0.15, 0.2) is 109 Å². The lowest BCUT2D eigenvalue weighted by Crippen LogP contribution is -2.26. The average molecular weight is 711 g/mol. The standard InChI is InChI=1S/C47H40N3O4/c1-7-48-43-19-9-27(3)21-37(43)41-25-39(35-23-31(53-5)15-17-33(35)46(41)48)45(29-11-13-30(14-12-29)50(51)52)40-26-42-38-22-28(4)10-20-44(38)49(8-2)47(42)34-18-16-32(54-6)24-36(34)40/h9-26H,7-8H2,1-6H3/q+1. The van der Waals surface area contributed by atoms with Gasteiger partial charge in [-0.15, -0.1) is 0 Å². The summed E-state index contributed by atoms with van der Waals surface area (Å²) in [6, 6.07) is 37.7. The van der Waals surface area contributed by atoms with Crippen LogP contribution in [0.3, 0.4) is 0 Å². The highest BCUT2D eigenvalue weighted by atomic mass is 16.6. The van der Waals surface area contributed by atoms with Gasteiger partial charge in [0.2, 0.25) is 11.0 Å². The number of nitrogens with zero attached hydrogens (tertiary/aromatic N) is 3. The molecule has 1 aromatic heterocycles. The Hall–Kier alpha value is -6.47. The van der Waals surface area contributed by atoms with Gasteiger partial charge in [-0.05, 0) is 139 Å². The average Bonchev–Trinajstić information content (AvgIpc) is 3.68. The van der Waals surface area contributed by atoms with E-state index in [0.29, 0.717) is 0 Å². The fourth-order valence-corrected chi connectivity index (χ4v) is 8.74. The maximum atomic E-state index is 11.9. The number of nitro benzene ring substituents is 1. The van der Waals surface area contributed by atoms with Gasteiger partial charge in [-0.2, -0.15) is 4.58 Å². The number of hydrogen-bond acceptors (Lipinski definition) is 4. The Bertz CT molecular complexity index is 3030. The molecule has 266 valence electrons. The molecule has 54 heavy (non-hydrogen) atoms. The van der Waals surface area contributed by atoms with Crippen LogP contribution in [0.2, 0.25) is 0 Å². The first kappa shape index (κ1) is 33.4. The molecular formula is C47H40N3O4+. The second-order valence-corrected chi connectivity index (χ2v) is 14.2. The van der Waals surface area contributed by atoms with Gasteiger partial charge in [0, 0.05) is 46.4 Å². The molecule has 0 saturated heterocycles. The predicted molar refractivity (Wildman–Crippen MR) is 220 cm³/mol. The van der Waals surface area contributed by atoms with Crippen molar-refractivity contribution >= 4 is 60.3 Å². The van der Waals surface area contributed by atoms with Crippen LogP contribution in [-0.4, -0.2) is 30.3 Å². The van der Waals surface area contributed by atoms with E-state index in [9.17, 15) is 10.1 Å². The largest absolute Gasteiger partial charge is 0.497 e. The second-order valence-electron chi connectivity index (χ2n) is 14.2. The van der Waals surface area contributed by atoms with Crippen molar-refractivity contribution in [3.8, 4) is 22.6 Å².